The SMILES string of the molecule is Cc1ccc(C)c(CC(Cl)c2cc(Cl)ccc2I)c1. The molecule has 0 bridgehead atoms. The molecule has 2 aromatic rings. The van der Waals surface area contributed by atoms with Gasteiger partial charge in [0.1, 0.15) is 0 Å². The molecule has 0 aliphatic heterocycles. The van der Waals surface area contributed by atoms with Gasteiger partial charge in [-0.05, 0) is 77.7 Å². The first-order valence-corrected chi connectivity index (χ1v) is 8.02. The summed E-state index contributed by atoms with van der Waals surface area (Å²) in [5, 5.41) is 0.688. The zero-order valence-electron chi connectivity index (χ0n) is 10.9. The van der Waals surface area contributed by atoms with Crippen molar-refractivity contribution in [3.63, 3.8) is 0 Å². The van der Waals surface area contributed by atoms with E-state index >= 15 is 0 Å². The number of aryl methyl sites for hydroxylation is 2. The molecule has 0 aliphatic rings. The van der Waals surface area contributed by atoms with Gasteiger partial charge in [-0.25, -0.2) is 0 Å². The molecule has 0 aliphatic carbocycles. The van der Waals surface area contributed by atoms with Crippen LogP contribution in [0.3, 0.4) is 0 Å². The van der Waals surface area contributed by atoms with E-state index in [1.54, 1.807) is 0 Å². The second kappa shape index (κ2) is 6.47. The second-order valence-corrected chi connectivity index (χ2v) is 6.89. The molecule has 0 spiro atoms. The van der Waals surface area contributed by atoms with Crippen LogP contribution in [0.1, 0.15) is 27.6 Å². The smallest absolute Gasteiger partial charge is 0.0636 e. The summed E-state index contributed by atoms with van der Waals surface area (Å²) in [5.74, 6) is 0. The lowest BCUT2D eigenvalue weighted by atomic mass is 9.98. The average molecular weight is 405 g/mol. The van der Waals surface area contributed by atoms with E-state index in [1.807, 2.05) is 18.2 Å². The van der Waals surface area contributed by atoms with Crippen molar-refractivity contribution in [1.82, 2.24) is 0 Å². The molecule has 0 aromatic heterocycles. The maximum absolute atomic E-state index is 6.58. The number of hydrogen-bond donors (Lipinski definition) is 0. The Labute approximate surface area is 138 Å². The van der Waals surface area contributed by atoms with Gasteiger partial charge in [-0.15, -0.1) is 11.6 Å². The van der Waals surface area contributed by atoms with Gasteiger partial charge in [-0.2, -0.15) is 0 Å². The first kappa shape index (κ1) is 15.1. The molecule has 2 aromatic carbocycles. The van der Waals surface area contributed by atoms with Crippen LogP contribution in [0.2, 0.25) is 5.02 Å². The summed E-state index contributed by atoms with van der Waals surface area (Å²) in [6.07, 6.45) is 0.825. The normalized spacial score (nSPS) is 12.5. The standard InChI is InChI=1S/C16H15Cl2I/c1-10-3-4-11(2)12(7-10)8-15(18)14-9-13(17)5-6-16(14)19/h3-7,9,15H,8H2,1-2H3. The van der Waals surface area contributed by atoms with Gasteiger partial charge in [0.25, 0.3) is 0 Å². The maximum atomic E-state index is 6.58. The van der Waals surface area contributed by atoms with Crippen molar-refractivity contribution in [2.75, 3.05) is 0 Å². The summed E-state index contributed by atoms with van der Waals surface area (Å²) in [7, 11) is 0. The molecular formula is C16H15Cl2I. The topological polar surface area (TPSA) is 0 Å². The van der Waals surface area contributed by atoms with Gasteiger partial charge in [-0.1, -0.05) is 35.4 Å². The summed E-state index contributed by atoms with van der Waals surface area (Å²) >= 11 is 14.9. The summed E-state index contributed by atoms with van der Waals surface area (Å²) in [4.78, 5) is 0. The molecule has 0 fully saturated rings. The first-order valence-electron chi connectivity index (χ1n) is 6.12. The third kappa shape index (κ3) is 3.87. The van der Waals surface area contributed by atoms with E-state index in [1.165, 1.54) is 16.7 Å². The van der Waals surface area contributed by atoms with Crippen molar-refractivity contribution in [1.29, 1.82) is 0 Å². The van der Waals surface area contributed by atoms with Crippen LogP contribution >= 0.6 is 45.8 Å². The van der Waals surface area contributed by atoms with Crippen LogP contribution in [-0.4, -0.2) is 0 Å². The van der Waals surface area contributed by atoms with Crippen molar-refractivity contribution in [2.24, 2.45) is 0 Å². The van der Waals surface area contributed by atoms with Gasteiger partial charge in [0.15, 0.2) is 0 Å². The molecular weight excluding hydrogens is 390 g/mol. The van der Waals surface area contributed by atoms with E-state index in [2.05, 4.69) is 54.6 Å². The highest BCUT2D eigenvalue weighted by Crippen LogP contribution is 2.31. The third-order valence-electron chi connectivity index (χ3n) is 3.20. The lowest BCUT2D eigenvalue weighted by molar-refractivity contribution is 0.903. The molecule has 3 heteroatoms. The molecule has 0 saturated carbocycles. The summed E-state index contributed by atoms with van der Waals surface area (Å²) in [6, 6.07) is 12.4. The summed E-state index contributed by atoms with van der Waals surface area (Å²) < 4.78 is 1.16. The summed E-state index contributed by atoms with van der Waals surface area (Å²) in [5.41, 5.74) is 4.96. The van der Waals surface area contributed by atoms with E-state index in [-0.39, 0.29) is 5.38 Å². The number of alkyl halides is 1. The predicted molar refractivity (Wildman–Crippen MR) is 92.4 cm³/mol. The average Bonchev–Trinajstić information content (AvgIpc) is 2.36. The Morgan fingerprint density at radius 3 is 2.58 bits per heavy atom. The van der Waals surface area contributed by atoms with Crippen LogP contribution in [0.4, 0.5) is 0 Å². The van der Waals surface area contributed by atoms with Gasteiger partial charge in [0.05, 0.1) is 5.38 Å². The molecule has 1 atom stereocenters. The third-order valence-corrected chi connectivity index (χ3v) is 4.81. The molecule has 19 heavy (non-hydrogen) atoms. The zero-order valence-corrected chi connectivity index (χ0v) is 14.6. The van der Waals surface area contributed by atoms with Gasteiger partial charge in [0.2, 0.25) is 0 Å². The monoisotopic (exact) mass is 404 g/mol. The summed E-state index contributed by atoms with van der Waals surface area (Å²) in [6.45, 7) is 4.23. The lowest BCUT2D eigenvalue weighted by Gasteiger charge is -2.14. The van der Waals surface area contributed by atoms with Crippen molar-refractivity contribution < 1.29 is 0 Å². The highest BCUT2D eigenvalue weighted by Gasteiger charge is 2.14. The Kier molecular flexibility index (Phi) is 5.15. The van der Waals surface area contributed by atoms with Crippen LogP contribution in [0.15, 0.2) is 36.4 Å². The number of halogens is 3. The Hall–Kier alpha value is -0.250. The molecule has 0 saturated heterocycles. The van der Waals surface area contributed by atoms with Crippen LogP contribution < -0.4 is 0 Å². The lowest BCUT2D eigenvalue weighted by Crippen LogP contribution is -2.00. The van der Waals surface area contributed by atoms with E-state index in [9.17, 15) is 0 Å². The fraction of sp³-hybridized carbons (Fsp3) is 0.250. The van der Waals surface area contributed by atoms with E-state index in [4.69, 9.17) is 23.2 Å². The Morgan fingerprint density at radius 1 is 1.11 bits per heavy atom. The molecule has 2 rings (SSSR count). The Balaban J connectivity index is 2.27. The zero-order chi connectivity index (χ0) is 14.0. The minimum Gasteiger partial charge on any atom is -0.117 e. The second-order valence-electron chi connectivity index (χ2n) is 4.77. The molecule has 0 nitrogen and oxygen atoms in total. The van der Waals surface area contributed by atoms with Crippen LogP contribution in [0.5, 0.6) is 0 Å². The minimum absolute atomic E-state index is 0.0499. The van der Waals surface area contributed by atoms with Crippen LogP contribution in [-0.2, 0) is 6.42 Å². The van der Waals surface area contributed by atoms with Gasteiger partial charge < -0.3 is 0 Å². The minimum atomic E-state index is -0.0499. The fourth-order valence-electron chi connectivity index (χ4n) is 2.08. The van der Waals surface area contributed by atoms with Gasteiger partial charge in [0, 0.05) is 8.59 Å². The fourth-order valence-corrected chi connectivity index (χ4v) is 3.50. The largest absolute Gasteiger partial charge is 0.117 e. The highest BCUT2D eigenvalue weighted by molar-refractivity contribution is 14.1. The first-order chi connectivity index (χ1) is 8.97. The van der Waals surface area contributed by atoms with Crippen molar-refractivity contribution in [2.45, 2.75) is 25.6 Å². The quantitative estimate of drug-likeness (QED) is 0.429. The van der Waals surface area contributed by atoms with E-state index < -0.39 is 0 Å². The van der Waals surface area contributed by atoms with Crippen molar-refractivity contribution in [3.05, 3.63) is 67.2 Å². The van der Waals surface area contributed by atoms with Crippen LogP contribution in [0.25, 0.3) is 0 Å². The van der Waals surface area contributed by atoms with Crippen molar-refractivity contribution in [3.8, 4) is 0 Å². The van der Waals surface area contributed by atoms with Crippen LogP contribution in [0, 0.1) is 17.4 Å². The maximum Gasteiger partial charge on any atom is 0.0636 e. The molecule has 1 unspecified atom stereocenters. The Bertz CT molecular complexity index is 593. The molecule has 0 N–H and O–H groups in total. The number of benzene rings is 2. The number of rotatable bonds is 3. The molecule has 0 heterocycles. The number of hydrogen-bond acceptors (Lipinski definition) is 0. The van der Waals surface area contributed by atoms with Crippen molar-refractivity contribution >= 4 is 45.8 Å². The van der Waals surface area contributed by atoms with Gasteiger partial charge >= 0.3 is 0 Å². The van der Waals surface area contributed by atoms with Gasteiger partial charge in [-0.3, -0.25) is 0 Å². The van der Waals surface area contributed by atoms with E-state index in [0.717, 1.165) is 20.6 Å². The molecule has 100 valence electrons. The molecule has 0 radical (unpaired) electrons. The molecule has 0 amide bonds. The highest BCUT2D eigenvalue weighted by atomic mass is 127. The Morgan fingerprint density at radius 2 is 1.84 bits per heavy atom. The predicted octanol–water partition coefficient (Wildman–Crippen LogP) is 6.08. The van der Waals surface area contributed by atoms with E-state index in [0.29, 0.717) is 0 Å².